The molecule has 0 radical (unpaired) electrons. The SMILES string of the molecule is CC(C)(Nc1ccc(N)c2ncccc12)c1nccs1. The molecule has 0 aliphatic heterocycles. The van der Waals surface area contributed by atoms with E-state index in [0.717, 1.165) is 21.6 Å². The van der Waals surface area contributed by atoms with Crippen LogP contribution in [0.1, 0.15) is 18.9 Å². The molecule has 4 nitrogen and oxygen atoms in total. The Bertz CT molecular complexity index is 735. The zero-order valence-corrected chi connectivity index (χ0v) is 12.2. The van der Waals surface area contributed by atoms with E-state index in [9.17, 15) is 0 Å². The molecule has 1 aromatic carbocycles. The Morgan fingerprint density at radius 3 is 2.75 bits per heavy atom. The topological polar surface area (TPSA) is 63.8 Å². The van der Waals surface area contributed by atoms with E-state index >= 15 is 0 Å². The Labute approximate surface area is 121 Å². The molecule has 3 aromatic rings. The summed E-state index contributed by atoms with van der Waals surface area (Å²) in [5.74, 6) is 0. The Kier molecular flexibility index (Phi) is 3.06. The number of nitrogens with two attached hydrogens (primary N) is 1. The minimum Gasteiger partial charge on any atom is -0.397 e. The Hall–Kier alpha value is -2.14. The number of anilines is 2. The lowest BCUT2D eigenvalue weighted by Gasteiger charge is -2.26. The van der Waals surface area contributed by atoms with Gasteiger partial charge in [-0.15, -0.1) is 11.3 Å². The van der Waals surface area contributed by atoms with Gasteiger partial charge in [0.05, 0.1) is 16.7 Å². The van der Waals surface area contributed by atoms with Crippen LogP contribution in [0.4, 0.5) is 11.4 Å². The molecule has 2 aromatic heterocycles. The van der Waals surface area contributed by atoms with Crippen LogP contribution in [0.5, 0.6) is 0 Å². The van der Waals surface area contributed by atoms with Crippen molar-refractivity contribution in [3.8, 4) is 0 Å². The molecule has 3 rings (SSSR count). The maximum atomic E-state index is 5.98. The van der Waals surface area contributed by atoms with Gasteiger partial charge in [-0.3, -0.25) is 4.98 Å². The van der Waals surface area contributed by atoms with E-state index in [2.05, 4.69) is 29.1 Å². The number of hydrogen-bond acceptors (Lipinski definition) is 5. The first kappa shape index (κ1) is 12.9. The van der Waals surface area contributed by atoms with Gasteiger partial charge in [-0.05, 0) is 38.1 Å². The highest BCUT2D eigenvalue weighted by Crippen LogP contribution is 2.32. The van der Waals surface area contributed by atoms with Crippen LogP contribution >= 0.6 is 11.3 Å². The first-order chi connectivity index (χ1) is 9.58. The molecule has 0 aliphatic rings. The third-order valence-electron chi connectivity index (χ3n) is 3.22. The van der Waals surface area contributed by atoms with Crippen LogP contribution < -0.4 is 11.1 Å². The van der Waals surface area contributed by atoms with Crippen molar-refractivity contribution in [2.45, 2.75) is 19.4 Å². The number of aromatic nitrogens is 2. The van der Waals surface area contributed by atoms with Crippen LogP contribution in [-0.4, -0.2) is 9.97 Å². The van der Waals surface area contributed by atoms with Crippen LogP contribution in [0.3, 0.4) is 0 Å². The average molecular weight is 284 g/mol. The Morgan fingerprint density at radius 2 is 2.00 bits per heavy atom. The highest BCUT2D eigenvalue weighted by Gasteiger charge is 2.23. The summed E-state index contributed by atoms with van der Waals surface area (Å²) in [6.07, 6.45) is 3.58. The zero-order chi connectivity index (χ0) is 14.2. The summed E-state index contributed by atoms with van der Waals surface area (Å²) in [5, 5.41) is 7.60. The summed E-state index contributed by atoms with van der Waals surface area (Å²) in [6.45, 7) is 4.23. The number of benzene rings is 1. The fourth-order valence-corrected chi connectivity index (χ4v) is 2.94. The van der Waals surface area contributed by atoms with Crippen molar-refractivity contribution in [3.63, 3.8) is 0 Å². The predicted molar refractivity (Wildman–Crippen MR) is 84.9 cm³/mol. The van der Waals surface area contributed by atoms with Crippen LogP contribution in [0.25, 0.3) is 10.9 Å². The largest absolute Gasteiger partial charge is 0.397 e. The van der Waals surface area contributed by atoms with Crippen molar-refractivity contribution in [2.75, 3.05) is 11.1 Å². The third-order valence-corrected chi connectivity index (χ3v) is 4.31. The normalized spacial score (nSPS) is 11.7. The maximum absolute atomic E-state index is 5.98. The molecule has 102 valence electrons. The van der Waals surface area contributed by atoms with E-state index in [1.54, 1.807) is 17.5 Å². The van der Waals surface area contributed by atoms with E-state index in [1.807, 2.05) is 35.8 Å². The van der Waals surface area contributed by atoms with Gasteiger partial charge >= 0.3 is 0 Å². The molecule has 0 bridgehead atoms. The molecule has 0 spiro atoms. The van der Waals surface area contributed by atoms with Gasteiger partial charge in [0.15, 0.2) is 0 Å². The van der Waals surface area contributed by atoms with Gasteiger partial charge in [0, 0.05) is 28.8 Å². The Balaban J connectivity index is 2.06. The number of pyridine rings is 1. The highest BCUT2D eigenvalue weighted by atomic mass is 32.1. The summed E-state index contributed by atoms with van der Waals surface area (Å²) >= 11 is 1.64. The smallest absolute Gasteiger partial charge is 0.117 e. The van der Waals surface area contributed by atoms with E-state index in [0.29, 0.717) is 5.69 Å². The molecule has 5 heteroatoms. The van der Waals surface area contributed by atoms with Crippen molar-refractivity contribution in [1.82, 2.24) is 9.97 Å². The molecule has 0 saturated carbocycles. The molecule has 0 amide bonds. The molecule has 3 N–H and O–H groups in total. The first-order valence-electron chi connectivity index (χ1n) is 6.39. The third kappa shape index (κ3) is 2.20. The fourth-order valence-electron chi connectivity index (χ4n) is 2.23. The van der Waals surface area contributed by atoms with Crippen molar-refractivity contribution < 1.29 is 0 Å². The molecule has 0 fully saturated rings. The van der Waals surface area contributed by atoms with Gasteiger partial charge in [-0.2, -0.15) is 0 Å². The fraction of sp³-hybridized carbons (Fsp3) is 0.200. The lowest BCUT2D eigenvalue weighted by atomic mass is 10.0. The maximum Gasteiger partial charge on any atom is 0.117 e. The van der Waals surface area contributed by atoms with Gasteiger partial charge in [-0.1, -0.05) is 0 Å². The lowest BCUT2D eigenvalue weighted by Crippen LogP contribution is -2.27. The zero-order valence-electron chi connectivity index (χ0n) is 11.4. The molecule has 0 atom stereocenters. The molecular formula is C15H16N4S. The van der Waals surface area contributed by atoms with Crippen molar-refractivity contribution >= 4 is 33.6 Å². The number of fused-ring (bicyclic) bond motifs is 1. The quantitative estimate of drug-likeness (QED) is 0.721. The monoisotopic (exact) mass is 284 g/mol. The van der Waals surface area contributed by atoms with Gasteiger partial charge in [0.25, 0.3) is 0 Å². The van der Waals surface area contributed by atoms with Crippen LogP contribution in [0.15, 0.2) is 42.0 Å². The van der Waals surface area contributed by atoms with Crippen LogP contribution in [0.2, 0.25) is 0 Å². The number of nitrogen functional groups attached to an aromatic ring is 1. The van der Waals surface area contributed by atoms with E-state index in [4.69, 9.17) is 5.73 Å². The molecule has 2 heterocycles. The van der Waals surface area contributed by atoms with Crippen molar-refractivity contribution in [2.24, 2.45) is 0 Å². The van der Waals surface area contributed by atoms with E-state index < -0.39 is 0 Å². The number of hydrogen-bond donors (Lipinski definition) is 2. The first-order valence-corrected chi connectivity index (χ1v) is 7.27. The second-order valence-electron chi connectivity index (χ2n) is 5.19. The summed E-state index contributed by atoms with van der Waals surface area (Å²) in [6, 6.07) is 7.83. The molecule has 20 heavy (non-hydrogen) atoms. The van der Waals surface area contributed by atoms with Gasteiger partial charge in [0.2, 0.25) is 0 Å². The number of nitrogens with one attached hydrogen (secondary N) is 1. The van der Waals surface area contributed by atoms with Crippen molar-refractivity contribution in [3.05, 3.63) is 47.0 Å². The lowest BCUT2D eigenvalue weighted by molar-refractivity contribution is 0.605. The van der Waals surface area contributed by atoms with Gasteiger partial charge in [-0.25, -0.2) is 4.98 Å². The van der Waals surface area contributed by atoms with E-state index in [1.165, 1.54) is 0 Å². The second-order valence-corrected chi connectivity index (χ2v) is 6.08. The molecular weight excluding hydrogens is 268 g/mol. The summed E-state index contributed by atoms with van der Waals surface area (Å²) < 4.78 is 0. The molecule has 0 aliphatic carbocycles. The number of nitrogens with zero attached hydrogens (tertiary/aromatic N) is 2. The minimum atomic E-state index is -0.243. The standard InChI is InChI=1S/C15H16N4S/c1-15(2,14-18-8-9-20-14)19-12-6-5-11(16)13-10(12)4-3-7-17-13/h3-9,19H,16H2,1-2H3. The number of rotatable bonds is 3. The average Bonchev–Trinajstić information content (AvgIpc) is 2.97. The summed E-state index contributed by atoms with van der Waals surface area (Å²) in [4.78, 5) is 8.75. The predicted octanol–water partition coefficient (Wildman–Crippen LogP) is 3.62. The molecule has 0 unspecified atom stereocenters. The highest BCUT2D eigenvalue weighted by molar-refractivity contribution is 7.09. The van der Waals surface area contributed by atoms with Crippen LogP contribution in [-0.2, 0) is 5.54 Å². The summed E-state index contributed by atoms with van der Waals surface area (Å²) in [7, 11) is 0. The van der Waals surface area contributed by atoms with Crippen LogP contribution in [0, 0.1) is 0 Å². The summed E-state index contributed by atoms with van der Waals surface area (Å²) in [5.41, 5.74) is 8.28. The Morgan fingerprint density at radius 1 is 1.15 bits per heavy atom. The van der Waals surface area contributed by atoms with Gasteiger partial charge < -0.3 is 11.1 Å². The number of thiazole rings is 1. The second kappa shape index (κ2) is 4.76. The van der Waals surface area contributed by atoms with E-state index in [-0.39, 0.29) is 5.54 Å². The van der Waals surface area contributed by atoms with Crippen molar-refractivity contribution in [1.29, 1.82) is 0 Å². The van der Waals surface area contributed by atoms with Gasteiger partial charge in [0.1, 0.15) is 5.01 Å². The minimum absolute atomic E-state index is 0.243. The molecule has 0 saturated heterocycles.